The number of rotatable bonds is 1. The minimum absolute atomic E-state index is 0.0579. The molecule has 3 aliphatic rings. The van der Waals surface area contributed by atoms with Crippen molar-refractivity contribution in [3.8, 4) is 0 Å². The fraction of sp³-hybridized carbons (Fsp3) is 0.875. The summed E-state index contributed by atoms with van der Waals surface area (Å²) in [5, 5.41) is 0. The molecule has 3 heterocycles. The van der Waals surface area contributed by atoms with Crippen LogP contribution in [0.2, 0.25) is 0 Å². The van der Waals surface area contributed by atoms with Crippen molar-refractivity contribution in [2.75, 3.05) is 13.1 Å². The molecule has 3 nitrogen and oxygen atoms in total. The number of piperidine rings is 3. The molecule has 3 aliphatic heterocycles. The van der Waals surface area contributed by atoms with Gasteiger partial charge in [0.05, 0.1) is 6.04 Å². The van der Waals surface area contributed by atoms with Crippen molar-refractivity contribution < 1.29 is 4.79 Å². The summed E-state index contributed by atoms with van der Waals surface area (Å²) < 4.78 is 0. The van der Waals surface area contributed by atoms with Crippen LogP contribution >= 0.6 is 0 Å². The summed E-state index contributed by atoms with van der Waals surface area (Å²) in [6.07, 6.45) is 3.54. The van der Waals surface area contributed by atoms with Gasteiger partial charge in [-0.3, -0.25) is 9.69 Å². The van der Waals surface area contributed by atoms with E-state index in [9.17, 15) is 4.79 Å². The van der Waals surface area contributed by atoms with E-state index in [4.69, 9.17) is 5.73 Å². The molecule has 0 spiro atoms. The Morgan fingerprint density at radius 3 is 2.27 bits per heavy atom. The predicted octanol–water partition coefficient (Wildman–Crippen LogP) is -0.0440. The number of nitrogens with two attached hydrogens (primary N) is 1. The number of hydrogen-bond donors (Lipinski definition) is 1. The van der Waals surface area contributed by atoms with Crippen LogP contribution in [-0.2, 0) is 4.79 Å². The SMILES string of the molecule is NC(=O)[C@@H]1CC2CCN1CC2. The standard InChI is InChI=1S/C8H14N2O/c9-8(11)7-5-6-1-3-10(7)4-2-6/h6-7H,1-5H2,(H2,9,11)/t7-/m0/s1. The van der Waals surface area contributed by atoms with Gasteiger partial charge in [-0.2, -0.15) is 0 Å². The van der Waals surface area contributed by atoms with Gasteiger partial charge in [0.1, 0.15) is 0 Å². The number of hydrogen-bond acceptors (Lipinski definition) is 2. The maximum atomic E-state index is 10.9. The predicted molar refractivity (Wildman–Crippen MR) is 41.9 cm³/mol. The van der Waals surface area contributed by atoms with E-state index >= 15 is 0 Å². The molecule has 3 rings (SSSR count). The lowest BCUT2D eigenvalue weighted by molar-refractivity contribution is -0.127. The lowest BCUT2D eigenvalue weighted by Gasteiger charge is -2.43. The molecule has 62 valence electrons. The normalized spacial score (nSPS) is 42.4. The summed E-state index contributed by atoms with van der Waals surface area (Å²) in [6.45, 7) is 2.16. The summed E-state index contributed by atoms with van der Waals surface area (Å²) in [5.41, 5.74) is 5.27. The molecule has 0 saturated carbocycles. The Bertz CT molecular complexity index is 173. The largest absolute Gasteiger partial charge is 0.368 e. The van der Waals surface area contributed by atoms with Gasteiger partial charge in [-0.25, -0.2) is 0 Å². The van der Waals surface area contributed by atoms with E-state index in [1.807, 2.05) is 0 Å². The monoisotopic (exact) mass is 154 g/mol. The van der Waals surface area contributed by atoms with Crippen molar-refractivity contribution in [3.05, 3.63) is 0 Å². The fourth-order valence-electron chi connectivity index (χ4n) is 2.26. The minimum Gasteiger partial charge on any atom is -0.368 e. The average Bonchev–Trinajstić information content (AvgIpc) is 2.06. The third-order valence-electron chi connectivity index (χ3n) is 2.97. The van der Waals surface area contributed by atoms with E-state index in [-0.39, 0.29) is 11.9 Å². The van der Waals surface area contributed by atoms with Crippen LogP contribution in [0.15, 0.2) is 0 Å². The van der Waals surface area contributed by atoms with Crippen LogP contribution in [0.1, 0.15) is 19.3 Å². The number of amides is 1. The second-order valence-corrected chi connectivity index (χ2v) is 3.63. The van der Waals surface area contributed by atoms with Gasteiger partial charge in [0.25, 0.3) is 0 Å². The smallest absolute Gasteiger partial charge is 0.234 e. The van der Waals surface area contributed by atoms with Crippen LogP contribution in [-0.4, -0.2) is 29.9 Å². The highest BCUT2D eigenvalue weighted by molar-refractivity contribution is 5.80. The van der Waals surface area contributed by atoms with Gasteiger partial charge in [-0.05, 0) is 38.3 Å². The molecule has 3 fully saturated rings. The first-order chi connectivity index (χ1) is 5.27. The summed E-state index contributed by atoms with van der Waals surface area (Å²) >= 11 is 0. The molecule has 2 bridgehead atoms. The Hall–Kier alpha value is -0.570. The van der Waals surface area contributed by atoms with Gasteiger partial charge in [0.2, 0.25) is 5.91 Å². The van der Waals surface area contributed by atoms with Crippen LogP contribution in [0.25, 0.3) is 0 Å². The Morgan fingerprint density at radius 2 is 2.00 bits per heavy atom. The maximum absolute atomic E-state index is 10.9. The zero-order chi connectivity index (χ0) is 7.84. The molecule has 0 radical (unpaired) electrons. The van der Waals surface area contributed by atoms with Crippen LogP contribution in [0.4, 0.5) is 0 Å². The second-order valence-electron chi connectivity index (χ2n) is 3.63. The van der Waals surface area contributed by atoms with Crippen molar-refractivity contribution in [3.63, 3.8) is 0 Å². The zero-order valence-corrected chi connectivity index (χ0v) is 6.62. The van der Waals surface area contributed by atoms with E-state index in [2.05, 4.69) is 4.90 Å². The highest BCUT2D eigenvalue weighted by Gasteiger charge is 2.36. The van der Waals surface area contributed by atoms with Crippen molar-refractivity contribution in [2.24, 2.45) is 11.7 Å². The van der Waals surface area contributed by atoms with E-state index in [1.165, 1.54) is 12.8 Å². The number of nitrogens with zero attached hydrogens (tertiary/aromatic N) is 1. The third kappa shape index (κ3) is 1.13. The van der Waals surface area contributed by atoms with Gasteiger partial charge in [0.15, 0.2) is 0 Å². The zero-order valence-electron chi connectivity index (χ0n) is 6.62. The highest BCUT2D eigenvalue weighted by atomic mass is 16.1. The number of carbonyl (C=O) groups excluding carboxylic acids is 1. The first-order valence-corrected chi connectivity index (χ1v) is 4.31. The first-order valence-electron chi connectivity index (χ1n) is 4.31. The molecule has 3 saturated heterocycles. The van der Waals surface area contributed by atoms with E-state index < -0.39 is 0 Å². The summed E-state index contributed by atoms with van der Waals surface area (Å²) in [4.78, 5) is 13.1. The fourth-order valence-corrected chi connectivity index (χ4v) is 2.26. The Labute approximate surface area is 66.5 Å². The van der Waals surface area contributed by atoms with E-state index in [0.717, 1.165) is 25.4 Å². The van der Waals surface area contributed by atoms with Crippen LogP contribution < -0.4 is 5.73 Å². The number of primary amides is 1. The quantitative estimate of drug-likeness (QED) is 0.576. The van der Waals surface area contributed by atoms with E-state index in [1.54, 1.807) is 0 Å². The lowest BCUT2D eigenvalue weighted by atomic mass is 9.83. The molecule has 0 aromatic carbocycles. The Morgan fingerprint density at radius 1 is 1.36 bits per heavy atom. The molecular formula is C8H14N2O. The van der Waals surface area contributed by atoms with Crippen LogP contribution in [0, 0.1) is 5.92 Å². The number of carbonyl (C=O) groups is 1. The molecule has 0 aromatic heterocycles. The molecule has 0 unspecified atom stereocenters. The van der Waals surface area contributed by atoms with Gasteiger partial charge in [-0.15, -0.1) is 0 Å². The summed E-state index contributed by atoms with van der Waals surface area (Å²) in [6, 6.07) is 0.0579. The highest BCUT2D eigenvalue weighted by Crippen LogP contribution is 2.31. The van der Waals surface area contributed by atoms with Crippen molar-refractivity contribution in [2.45, 2.75) is 25.3 Å². The molecule has 0 aromatic rings. The Balaban J connectivity index is 2.08. The topological polar surface area (TPSA) is 46.3 Å². The molecular weight excluding hydrogens is 140 g/mol. The third-order valence-corrected chi connectivity index (χ3v) is 2.97. The van der Waals surface area contributed by atoms with Crippen LogP contribution in [0.3, 0.4) is 0 Å². The second kappa shape index (κ2) is 2.48. The van der Waals surface area contributed by atoms with Gasteiger partial charge >= 0.3 is 0 Å². The molecule has 3 heteroatoms. The maximum Gasteiger partial charge on any atom is 0.234 e. The molecule has 2 N–H and O–H groups in total. The van der Waals surface area contributed by atoms with Gasteiger partial charge in [-0.1, -0.05) is 0 Å². The van der Waals surface area contributed by atoms with Gasteiger partial charge < -0.3 is 5.73 Å². The number of fused-ring (bicyclic) bond motifs is 3. The lowest BCUT2D eigenvalue weighted by Crippen LogP contribution is -2.54. The minimum atomic E-state index is -0.130. The van der Waals surface area contributed by atoms with Crippen molar-refractivity contribution in [1.82, 2.24) is 4.90 Å². The molecule has 1 amide bonds. The van der Waals surface area contributed by atoms with Crippen molar-refractivity contribution in [1.29, 1.82) is 0 Å². The average molecular weight is 154 g/mol. The Kier molecular flexibility index (Phi) is 1.60. The van der Waals surface area contributed by atoms with Crippen LogP contribution in [0.5, 0.6) is 0 Å². The van der Waals surface area contributed by atoms with Crippen molar-refractivity contribution >= 4 is 5.91 Å². The van der Waals surface area contributed by atoms with E-state index in [0.29, 0.717) is 0 Å². The molecule has 0 aliphatic carbocycles. The summed E-state index contributed by atoms with van der Waals surface area (Å²) in [7, 11) is 0. The summed E-state index contributed by atoms with van der Waals surface area (Å²) in [5.74, 6) is 0.645. The first kappa shape index (κ1) is 7.10. The molecule has 11 heavy (non-hydrogen) atoms. The van der Waals surface area contributed by atoms with Gasteiger partial charge in [0, 0.05) is 0 Å². The molecule has 1 atom stereocenters.